The van der Waals surface area contributed by atoms with Crippen LogP contribution < -0.4 is 0 Å². The topological polar surface area (TPSA) is 43.8 Å². The Bertz CT molecular complexity index is 397. The summed E-state index contributed by atoms with van der Waals surface area (Å²) < 4.78 is 0. The molecule has 4 fully saturated rings. The lowest BCUT2D eigenvalue weighted by Crippen LogP contribution is -2.69. The predicted molar refractivity (Wildman–Crippen MR) is 76.1 cm³/mol. The van der Waals surface area contributed by atoms with Gasteiger partial charge in [-0.25, -0.2) is 0 Å². The zero-order valence-electron chi connectivity index (χ0n) is 12.3. The number of hydrogen-bond donors (Lipinski definition) is 1. The lowest BCUT2D eigenvalue weighted by molar-refractivity contribution is -0.144. The summed E-state index contributed by atoms with van der Waals surface area (Å²) in [4.78, 5) is 16.8. The molecule has 0 aromatic heterocycles. The van der Waals surface area contributed by atoms with Crippen LogP contribution in [0, 0.1) is 17.8 Å². The largest absolute Gasteiger partial charge is 0.396 e. The van der Waals surface area contributed by atoms with Crippen molar-refractivity contribution in [2.24, 2.45) is 17.8 Å². The third-order valence-corrected chi connectivity index (χ3v) is 5.74. The average Bonchev–Trinajstić information content (AvgIpc) is 3.28. The molecule has 20 heavy (non-hydrogen) atoms. The van der Waals surface area contributed by atoms with Crippen LogP contribution in [-0.4, -0.2) is 59.1 Å². The van der Waals surface area contributed by atoms with Crippen LogP contribution in [0.3, 0.4) is 0 Å². The second-order valence-electron chi connectivity index (χ2n) is 7.72. The minimum Gasteiger partial charge on any atom is -0.396 e. The highest BCUT2D eigenvalue weighted by Gasteiger charge is 2.55. The second-order valence-corrected chi connectivity index (χ2v) is 7.72. The Morgan fingerprint density at radius 3 is 2.40 bits per heavy atom. The van der Waals surface area contributed by atoms with E-state index in [9.17, 15) is 9.90 Å². The Balaban J connectivity index is 1.37. The minimum absolute atomic E-state index is 0.217. The molecule has 4 aliphatic rings. The molecule has 0 unspecified atom stereocenters. The highest BCUT2D eigenvalue weighted by molar-refractivity contribution is 5.78. The first-order chi connectivity index (χ1) is 9.68. The molecule has 1 amide bonds. The normalized spacial score (nSPS) is 32.6. The Labute approximate surface area is 121 Å². The van der Waals surface area contributed by atoms with E-state index in [1.165, 1.54) is 32.2 Å². The molecule has 2 saturated carbocycles. The quantitative estimate of drug-likeness (QED) is 0.819. The third kappa shape index (κ3) is 2.37. The average molecular weight is 278 g/mol. The lowest BCUT2D eigenvalue weighted by atomic mass is 9.84. The number of rotatable bonds is 5. The van der Waals surface area contributed by atoms with E-state index in [0.717, 1.165) is 38.4 Å². The van der Waals surface area contributed by atoms with Crippen LogP contribution >= 0.6 is 0 Å². The molecule has 2 aliphatic heterocycles. The Hall–Kier alpha value is -0.610. The Morgan fingerprint density at radius 1 is 1.10 bits per heavy atom. The number of aliphatic hydroxyl groups excluding tert-OH is 1. The van der Waals surface area contributed by atoms with Gasteiger partial charge < -0.3 is 10.0 Å². The second kappa shape index (κ2) is 4.70. The van der Waals surface area contributed by atoms with Crippen molar-refractivity contribution in [2.75, 3.05) is 32.8 Å². The molecule has 1 N–H and O–H groups in total. The van der Waals surface area contributed by atoms with Crippen molar-refractivity contribution in [1.29, 1.82) is 0 Å². The maximum Gasteiger partial charge on any atom is 0.222 e. The number of likely N-dealkylation sites (tertiary alicyclic amines) is 2. The van der Waals surface area contributed by atoms with Crippen LogP contribution in [0.1, 0.15) is 38.5 Å². The molecular formula is C16H26N2O2. The summed E-state index contributed by atoms with van der Waals surface area (Å²) in [6.45, 7) is 4.38. The van der Waals surface area contributed by atoms with Gasteiger partial charge in [0.05, 0.1) is 5.54 Å². The molecule has 4 heteroatoms. The van der Waals surface area contributed by atoms with Crippen LogP contribution in [0.25, 0.3) is 0 Å². The standard InChI is InChI=1S/C16H26N2O2/c19-9-14-6-16(18(8-14)7-13-3-4-13)10-17(11-16)15(20)5-12-1-2-12/h12-14,19H,1-11H2/t14-/m1/s1. The summed E-state index contributed by atoms with van der Waals surface area (Å²) in [5.41, 5.74) is 0.217. The van der Waals surface area contributed by atoms with Crippen molar-refractivity contribution in [2.45, 2.75) is 44.1 Å². The maximum atomic E-state index is 12.2. The fraction of sp³-hybridized carbons (Fsp3) is 0.938. The Kier molecular flexibility index (Phi) is 3.08. The zero-order chi connectivity index (χ0) is 13.7. The summed E-state index contributed by atoms with van der Waals surface area (Å²) in [5, 5.41) is 9.48. The van der Waals surface area contributed by atoms with E-state index in [-0.39, 0.29) is 5.54 Å². The van der Waals surface area contributed by atoms with Crippen molar-refractivity contribution >= 4 is 5.91 Å². The summed E-state index contributed by atoms with van der Waals surface area (Å²) in [7, 11) is 0. The van der Waals surface area contributed by atoms with Crippen LogP contribution in [0.4, 0.5) is 0 Å². The third-order valence-electron chi connectivity index (χ3n) is 5.74. The molecule has 2 saturated heterocycles. The Morgan fingerprint density at radius 2 is 1.80 bits per heavy atom. The summed E-state index contributed by atoms with van der Waals surface area (Å²) in [6, 6.07) is 0. The van der Waals surface area contributed by atoms with E-state index in [1.54, 1.807) is 0 Å². The fourth-order valence-electron chi connectivity index (χ4n) is 4.11. The van der Waals surface area contributed by atoms with Gasteiger partial charge in [-0.15, -0.1) is 0 Å². The SMILES string of the molecule is O=C(CC1CC1)N1CC2(C[C@@H](CO)CN2CC2CC2)C1. The van der Waals surface area contributed by atoms with E-state index >= 15 is 0 Å². The van der Waals surface area contributed by atoms with Crippen molar-refractivity contribution in [1.82, 2.24) is 9.80 Å². The van der Waals surface area contributed by atoms with Crippen LogP contribution in [0.2, 0.25) is 0 Å². The number of carbonyl (C=O) groups is 1. The van der Waals surface area contributed by atoms with E-state index in [1.807, 2.05) is 0 Å². The van der Waals surface area contributed by atoms with Gasteiger partial charge in [-0.1, -0.05) is 0 Å². The first-order valence-electron chi connectivity index (χ1n) is 8.32. The van der Waals surface area contributed by atoms with E-state index in [2.05, 4.69) is 9.80 Å². The molecule has 0 aromatic rings. The van der Waals surface area contributed by atoms with Gasteiger partial charge in [-0.2, -0.15) is 0 Å². The van der Waals surface area contributed by atoms with Gasteiger partial charge in [0.2, 0.25) is 5.91 Å². The van der Waals surface area contributed by atoms with Crippen LogP contribution in [0.5, 0.6) is 0 Å². The first-order valence-corrected chi connectivity index (χ1v) is 8.32. The van der Waals surface area contributed by atoms with E-state index in [0.29, 0.717) is 24.3 Å². The van der Waals surface area contributed by atoms with Gasteiger partial charge in [-0.3, -0.25) is 9.69 Å². The number of carbonyl (C=O) groups excluding carboxylic acids is 1. The zero-order valence-corrected chi connectivity index (χ0v) is 12.3. The number of hydrogen-bond acceptors (Lipinski definition) is 3. The summed E-state index contributed by atoms with van der Waals surface area (Å²) in [5.74, 6) is 2.38. The fourth-order valence-corrected chi connectivity index (χ4v) is 4.11. The number of aliphatic hydroxyl groups is 1. The van der Waals surface area contributed by atoms with Gasteiger partial charge >= 0.3 is 0 Å². The highest BCUT2D eigenvalue weighted by Crippen LogP contribution is 2.44. The van der Waals surface area contributed by atoms with Gasteiger partial charge in [0, 0.05) is 39.2 Å². The minimum atomic E-state index is 0.217. The molecular weight excluding hydrogens is 252 g/mol. The molecule has 2 aliphatic carbocycles. The van der Waals surface area contributed by atoms with Crippen LogP contribution in [-0.2, 0) is 4.79 Å². The molecule has 4 nitrogen and oxygen atoms in total. The van der Waals surface area contributed by atoms with Gasteiger partial charge in [0.15, 0.2) is 0 Å². The molecule has 1 atom stereocenters. The molecule has 0 aromatic carbocycles. The molecule has 4 rings (SSSR count). The summed E-state index contributed by atoms with van der Waals surface area (Å²) in [6.07, 6.45) is 7.13. The van der Waals surface area contributed by atoms with Gasteiger partial charge in [0.1, 0.15) is 0 Å². The lowest BCUT2D eigenvalue weighted by Gasteiger charge is -2.53. The molecule has 2 heterocycles. The van der Waals surface area contributed by atoms with E-state index in [4.69, 9.17) is 0 Å². The number of nitrogens with zero attached hydrogens (tertiary/aromatic N) is 2. The molecule has 1 spiro atoms. The number of amides is 1. The highest BCUT2D eigenvalue weighted by atomic mass is 16.3. The van der Waals surface area contributed by atoms with E-state index < -0.39 is 0 Å². The van der Waals surface area contributed by atoms with Crippen LogP contribution in [0.15, 0.2) is 0 Å². The summed E-state index contributed by atoms with van der Waals surface area (Å²) >= 11 is 0. The smallest absolute Gasteiger partial charge is 0.222 e. The van der Waals surface area contributed by atoms with Crippen molar-refractivity contribution < 1.29 is 9.90 Å². The van der Waals surface area contributed by atoms with Crippen molar-refractivity contribution in [3.63, 3.8) is 0 Å². The maximum absolute atomic E-state index is 12.2. The van der Waals surface area contributed by atoms with Gasteiger partial charge in [0.25, 0.3) is 0 Å². The van der Waals surface area contributed by atoms with Gasteiger partial charge in [-0.05, 0) is 49.9 Å². The van der Waals surface area contributed by atoms with Crippen molar-refractivity contribution in [3.8, 4) is 0 Å². The molecule has 0 bridgehead atoms. The first kappa shape index (κ1) is 13.1. The predicted octanol–water partition coefficient (Wildman–Crippen LogP) is 1.09. The molecule has 112 valence electrons. The van der Waals surface area contributed by atoms with Crippen molar-refractivity contribution in [3.05, 3.63) is 0 Å². The monoisotopic (exact) mass is 278 g/mol. The molecule has 0 radical (unpaired) electrons.